The van der Waals surface area contributed by atoms with E-state index >= 15 is 0 Å². The Morgan fingerprint density at radius 3 is 1.65 bits per heavy atom. The molecule has 0 aromatic rings. The minimum Gasteiger partial charge on any atom is -0.287 e. The van der Waals surface area contributed by atoms with Crippen LogP contribution in [0.4, 0.5) is 0 Å². The minimum atomic E-state index is -1.07. The van der Waals surface area contributed by atoms with Gasteiger partial charge in [0, 0.05) is 6.42 Å². The van der Waals surface area contributed by atoms with Crippen molar-refractivity contribution in [1.29, 1.82) is 0 Å². The van der Waals surface area contributed by atoms with E-state index in [0.717, 1.165) is 38.5 Å². The largest absolute Gasteiger partial charge is 0.421 e. The van der Waals surface area contributed by atoms with E-state index < -0.39 is 17.7 Å². The van der Waals surface area contributed by atoms with E-state index in [2.05, 4.69) is 23.6 Å². The lowest BCUT2D eigenvalue weighted by Gasteiger charge is -2.03. The number of ketones is 1. The first-order chi connectivity index (χ1) is 11.1. The van der Waals surface area contributed by atoms with Gasteiger partial charge in [0.25, 0.3) is 0 Å². The molecular weight excluding hydrogens is 296 g/mol. The summed E-state index contributed by atoms with van der Waals surface area (Å²) in [5.74, 6) is -2.30. The number of carbonyl (C=O) groups is 3. The van der Waals surface area contributed by atoms with Crippen LogP contribution >= 0.6 is 0 Å². The molecule has 0 aliphatic rings. The monoisotopic (exact) mass is 328 g/mol. The van der Waals surface area contributed by atoms with Gasteiger partial charge in [-0.05, 0) is 12.8 Å². The molecule has 0 saturated carbocycles. The average Bonchev–Trinajstić information content (AvgIpc) is 2.55. The maximum Gasteiger partial charge on any atom is 0.421 e. The molecular formula is C18H32O5. The summed E-state index contributed by atoms with van der Waals surface area (Å²) in [6, 6.07) is 0. The standard InChI is InChI=1S/C18H32O5/c1-3-5-7-9-11-13-15-17(20)22-23-18(21)16(19)14-12-10-8-6-4-2/h3-15H2,1-2H3. The third kappa shape index (κ3) is 14.0. The number of rotatable bonds is 14. The molecule has 0 N–H and O–H groups in total. The SMILES string of the molecule is CCCCCCCCC(=O)OOC(=O)C(=O)CCCCCCC. The highest BCUT2D eigenvalue weighted by molar-refractivity contribution is 6.33. The molecule has 23 heavy (non-hydrogen) atoms. The third-order valence-corrected chi connectivity index (χ3v) is 3.68. The van der Waals surface area contributed by atoms with Crippen LogP contribution in [0.15, 0.2) is 0 Å². The molecule has 5 heteroatoms. The molecule has 0 amide bonds. The van der Waals surface area contributed by atoms with E-state index in [1.165, 1.54) is 19.3 Å². The van der Waals surface area contributed by atoms with Crippen molar-refractivity contribution in [3.8, 4) is 0 Å². The van der Waals surface area contributed by atoms with Crippen molar-refractivity contribution in [3.63, 3.8) is 0 Å². The predicted octanol–water partition coefficient (Wildman–Crippen LogP) is 4.67. The lowest BCUT2D eigenvalue weighted by atomic mass is 10.1. The Morgan fingerprint density at radius 2 is 1.09 bits per heavy atom. The highest BCUT2D eigenvalue weighted by Crippen LogP contribution is 2.08. The van der Waals surface area contributed by atoms with Gasteiger partial charge in [-0.2, -0.15) is 0 Å². The van der Waals surface area contributed by atoms with Gasteiger partial charge < -0.3 is 0 Å². The zero-order chi connectivity index (χ0) is 17.3. The van der Waals surface area contributed by atoms with Crippen LogP contribution in [0.2, 0.25) is 0 Å². The highest BCUT2D eigenvalue weighted by Gasteiger charge is 2.18. The zero-order valence-electron chi connectivity index (χ0n) is 14.7. The van der Waals surface area contributed by atoms with Crippen molar-refractivity contribution in [1.82, 2.24) is 0 Å². The van der Waals surface area contributed by atoms with Crippen molar-refractivity contribution >= 4 is 17.7 Å². The summed E-state index contributed by atoms with van der Waals surface area (Å²) < 4.78 is 0. The smallest absolute Gasteiger partial charge is 0.287 e. The minimum absolute atomic E-state index is 0.150. The molecule has 0 spiro atoms. The second-order valence-electron chi connectivity index (χ2n) is 5.93. The van der Waals surface area contributed by atoms with E-state index in [0.29, 0.717) is 12.8 Å². The van der Waals surface area contributed by atoms with Gasteiger partial charge in [0.1, 0.15) is 0 Å². The van der Waals surface area contributed by atoms with E-state index in [1.807, 2.05) is 0 Å². The first kappa shape index (κ1) is 21.6. The molecule has 0 bridgehead atoms. The lowest BCUT2D eigenvalue weighted by molar-refractivity contribution is -0.256. The molecule has 0 aromatic carbocycles. The summed E-state index contributed by atoms with van der Waals surface area (Å²) in [5.41, 5.74) is 0. The van der Waals surface area contributed by atoms with E-state index in [-0.39, 0.29) is 12.8 Å². The zero-order valence-corrected chi connectivity index (χ0v) is 14.7. The van der Waals surface area contributed by atoms with Crippen LogP contribution in [0, 0.1) is 0 Å². The fourth-order valence-corrected chi connectivity index (χ4v) is 2.21. The molecule has 0 atom stereocenters. The van der Waals surface area contributed by atoms with Crippen LogP contribution in [0.3, 0.4) is 0 Å². The molecule has 0 aliphatic heterocycles. The average molecular weight is 328 g/mol. The summed E-state index contributed by atoms with van der Waals surface area (Å²) in [7, 11) is 0. The van der Waals surface area contributed by atoms with Crippen LogP contribution < -0.4 is 0 Å². The van der Waals surface area contributed by atoms with Gasteiger partial charge >= 0.3 is 11.9 Å². The van der Waals surface area contributed by atoms with Crippen molar-refractivity contribution in [2.45, 2.75) is 97.3 Å². The Hall–Kier alpha value is -1.39. The summed E-state index contributed by atoms with van der Waals surface area (Å²) in [5, 5.41) is 0. The molecule has 0 rings (SSSR count). The van der Waals surface area contributed by atoms with Crippen molar-refractivity contribution in [3.05, 3.63) is 0 Å². The molecule has 5 nitrogen and oxygen atoms in total. The molecule has 0 unspecified atom stereocenters. The summed E-state index contributed by atoms with van der Waals surface area (Å²) in [6.45, 7) is 4.26. The number of Topliss-reactive ketones (excluding diaryl/α,β-unsaturated/α-hetero) is 1. The van der Waals surface area contributed by atoms with Crippen LogP contribution in [0.5, 0.6) is 0 Å². The second kappa shape index (κ2) is 15.5. The number of unbranched alkanes of at least 4 members (excludes halogenated alkanes) is 9. The van der Waals surface area contributed by atoms with Gasteiger partial charge in [-0.1, -0.05) is 71.6 Å². The number of hydrogen-bond acceptors (Lipinski definition) is 5. The van der Waals surface area contributed by atoms with Crippen LogP contribution in [0.1, 0.15) is 97.3 Å². The summed E-state index contributed by atoms with van der Waals surface area (Å²) >= 11 is 0. The summed E-state index contributed by atoms with van der Waals surface area (Å²) in [4.78, 5) is 42.9. The van der Waals surface area contributed by atoms with Gasteiger partial charge in [-0.3, -0.25) is 4.79 Å². The van der Waals surface area contributed by atoms with Gasteiger partial charge in [-0.25, -0.2) is 19.4 Å². The molecule has 0 saturated heterocycles. The van der Waals surface area contributed by atoms with Gasteiger partial charge in [-0.15, -0.1) is 0 Å². The number of carbonyl (C=O) groups excluding carboxylic acids is 3. The fourth-order valence-electron chi connectivity index (χ4n) is 2.21. The first-order valence-corrected chi connectivity index (χ1v) is 9.06. The molecule has 0 aliphatic carbocycles. The van der Waals surface area contributed by atoms with Crippen LogP contribution in [-0.4, -0.2) is 17.7 Å². The Morgan fingerprint density at radius 1 is 0.609 bits per heavy atom. The molecule has 0 aromatic heterocycles. The lowest BCUT2D eigenvalue weighted by Crippen LogP contribution is -2.19. The van der Waals surface area contributed by atoms with Crippen LogP contribution in [0.25, 0.3) is 0 Å². The van der Waals surface area contributed by atoms with E-state index in [4.69, 9.17) is 0 Å². The quantitative estimate of drug-likeness (QED) is 0.201. The third-order valence-electron chi connectivity index (χ3n) is 3.68. The molecule has 0 fully saturated rings. The number of hydrogen-bond donors (Lipinski definition) is 0. The van der Waals surface area contributed by atoms with Crippen LogP contribution in [-0.2, 0) is 24.2 Å². The fraction of sp³-hybridized carbons (Fsp3) is 0.833. The first-order valence-electron chi connectivity index (χ1n) is 9.06. The van der Waals surface area contributed by atoms with Gasteiger partial charge in [0.2, 0.25) is 5.78 Å². The second-order valence-corrected chi connectivity index (χ2v) is 5.93. The van der Waals surface area contributed by atoms with Gasteiger partial charge in [0.05, 0.1) is 6.42 Å². The van der Waals surface area contributed by atoms with Gasteiger partial charge in [0.15, 0.2) is 0 Å². The summed E-state index contributed by atoms with van der Waals surface area (Å²) in [6.07, 6.45) is 11.6. The Balaban J connectivity index is 3.58. The maximum absolute atomic E-state index is 11.5. The van der Waals surface area contributed by atoms with Crippen molar-refractivity contribution in [2.24, 2.45) is 0 Å². The predicted molar refractivity (Wildman–Crippen MR) is 88.6 cm³/mol. The Bertz CT molecular complexity index is 338. The molecule has 0 heterocycles. The Labute approximate surface area is 140 Å². The highest BCUT2D eigenvalue weighted by atomic mass is 17.2. The normalized spacial score (nSPS) is 10.3. The van der Waals surface area contributed by atoms with E-state index in [1.54, 1.807) is 0 Å². The molecule has 0 radical (unpaired) electrons. The maximum atomic E-state index is 11.5. The van der Waals surface area contributed by atoms with Crippen molar-refractivity contribution in [2.75, 3.05) is 0 Å². The Kier molecular flexibility index (Phi) is 14.6. The topological polar surface area (TPSA) is 69.7 Å². The van der Waals surface area contributed by atoms with Crippen molar-refractivity contribution < 1.29 is 24.2 Å². The molecule has 134 valence electrons. The van der Waals surface area contributed by atoms with E-state index in [9.17, 15) is 14.4 Å².